The molecule has 114 valence electrons. The van der Waals surface area contributed by atoms with E-state index in [-0.39, 0.29) is 6.04 Å². The van der Waals surface area contributed by atoms with E-state index >= 15 is 0 Å². The summed E-state index contributed by atoms with van der Waals surface area (Å²) < 4.78 is 0. The molecule has 1 aliphatic rings. The number of likely N-dealkylation sites (N-methyl/N-ethyl adjacent to an activating group) is 1. The van der Waals surface area contributed by atoms with E-state index in [2.05, 4.69) is 29.7 Å². The van der Waals surface area contributed by atoms with Crippen molar-refractivity contribution in [3.05, 3.63) is 33.8 Å². The first-order valence-corrected chi connectivity index (χ1v) is 8.18. The molecule has 0 N–H and O–H groups in total. The molecule has 1 aromatic carbocycles. The standard InChI is InChI=1S/C16H21Cl2N3/c1-3-13-11-20(4-2)7-8-21(13)16(10-19)12-5-6-14(17)15(18)9-12/h5-6,9,13,16H,3-4,7-8,11H2,1-2H3. The normalized spacial score (nSPS) is 22.0. The first-order chi connectivity index (χ1) is 10.1. The van der Waals surface area contributed by atoms with Gasteiger partial charge in [0.1, 0.15) is 6.04 Å². The fourth-order valence-corrected chi connectivity index (χ4v) is 3.25. The molecule has 2 unspecified atom stereocenters. The highest BCUT2D eigenvalue weighted by Gasteiger charge is 2.31. The Hall–Kier alpha value is -0.790. The van der Waals surface area contributed by atoms with E-state index in [1.165, 1.54) is 0 Å². The Morgan fingerprint density at radius 1 is 1.29 bits per heavy atom. The van der Waals surface area contributed by atoms with Crippen LogP contribution in [0.15, 0.2) is 18.2 Å². The molecule has 3 nitrogen and oxygen atoms in total. The van der Waals surface area contributed by atoms with Crippen LogP contribution in [0.4, 0.5) is 0 Å². The number of hydrogen-bond donors (Lipinski definition) is 0. The molecule has 2 rings (SSSR count). The Kier molecular flexibility index (Phi) is 5.89. The summed E-state index contributed by atoms with van der Waals surface area (Å²) in [7, 11) is 0. The van der Waals surface area contributed by atoms with Gasteiger partial charge in [0.15, 0.2) is 0 Å². The number of rotatable bonds is 4. The van der Waals surface area contributed by atoms with Gasteiger partial charge in [0.05, 0.1) is 16.1 Å². The molecule has 0 saturated carbocycles. The number of halogens is 2. The predicted molar refractivity (Wildman–Crippen MR) is 87.7 cm³/mol. The van der Waals surface area contributed by atoms with Gasteiger partial charge in [-0.1, -0.05) is 43.1 Å². The van der Waals surface area contributed by atoms with Gasteiger partial charge in [-0.2, -0.15) is 5.26 Å². The highest BCUT2D eigenvalue weighted by atomic mass is 35.5. The van der Waals surface area contributed by atoms with Crippen LogP contribution in [0.2, 0.25) is 10.0 Å². The zero-order valence-electron chi connectivity index (χ0n) is 12.5. The zero-order valence-corrected chi connectivity index (χ0v) is 14.0. The third-order valence-corrected chi connectivity index (χ3v) is 4.98. The molecule has 21 heavy (non-hydrogen) atoms. The lowest BCUT2D eigenvalue weighted by Crippen LogP contribution is -2.53. The molecule has 0 amide bonds. The van der Waals surface area contributed by atoms with Gasteiger partial charge in [0.2, 0.25) is 0 Å². The topological polar surface area (TPSA) is 30.3 Å². The van der Waals surface area contributed by atoms with Gasteiger partial charge in [-0.15, -0.1) is 0 Å². The monoisotopic (exact) mass is 325 g/mol. The van der Waals surface area contributed by atoms with Gasteiger partial charge in [-0.25, -0.2) is 0 Å². The summed E-state index contributed by atoms with van der Waals surface area (Å²) in [5.41, 5.74) is 0.926. The van der Waals surface area contributed by atoms with Crippen LogP contribution in [0.1, 0.15) is 31.9 Å². The molecule has 0 radical (unpaired) electrons. The van der Waals surface area contributed by atoms with Gasteiger partial charge in [0, 0.05) is 25.7 Å². The van der Waals surface area contributed by atoms with Gasteiger partial charge in [0.25, 0.3) is 0 Å². The second-order valence-corrected chi connectivity index (χ2v) is 6.21. The second-order valence-electron chi connectivity index (χ2n) is 5.40. The van der Waals surface area contributed by atoms with E-state index in [1.54, 1.807) is 6.07 Å². The van der Waals surface area contributed by atoms with E-state index in [4.69, 9.17) is 23.2 Å². The third kappa shape index (κ3) is 3.70. The Morgan fingerprint density at radius 3 is 2.62 bits per heavy atom. The van der Waals surface area contributed by atoms with Crippen LogP contribution in [0.5, 0.6) is 0 Å². The van der Waals surface area contributed by atoms with E-state index in [0.717, 1.165) is 38.2 Å². The zero-order chi connectivity index (χ0) is 15.4. The summed E-state index contributed by atoms with van der Waals surface area (Å²) in [6, 6.07) is 8.07. The molecule has 0 bridgehead atoms. The molecular formula is C16H21Cl2N3. The van der Waals surface area contributed by atoms with Gasteiger partial charge < -0.3 is 4.90 Å². The minimum Gasteiger partial charge on any atom is -0.301 e. The summed E-state index contributed by atoms with van der Waals surface area (Å²) in [5.74, 6) is 0. The van der Waals surface area contributed by atoms with Gasteiger partial charge in [-0.05, 0) is 30.7 Å². The van der Waals surface area contributed by atoms with E-state index in [1.807, 2.05) is 12.1 Å². The molecule has 5 heteroatoms. The Labute approximate surface area is 137 Å². The van der Waals surface area contributed by atoms with Crippen molar-refractivity contribution in [3.8, 4) is 6.07 Å². The van der Waals surface area contributed by atoms with Crippen LogP contribution >= 0.6 is 23.2 Å². The van der Waals surface area contributed by atoms with Gasteiger partial charge >= 0.3 is 0 Å². The Morgan fingerprint density at radius 2 is 2.05 bits per heavy atom. The average molecular weight is 326 g/mol. The van der Waals surface area contributed by atoms with E-state index in [9.17, 15) is 5.26 Å². The van der Waals surface area contributed by atoms with Crippen LogP contribution in [-0.4, -0.2) is 42.0 Å². The molecule has 1 aliphatic heterocycles. The number of nitrogens with zero attached hydrogens (tertiary/aromatic N) is 3. The average Bonchev–Trinajstić information content (AvgIpc) is 2.51. The summed E-state index contributed by atoms with van der Waals surface area (Å²) in [4.78, 5) is 4.74. The minimum atomic E-state index is -0.260. The van der Waals surface area contributed by atoms with Crippen LogP contribution in [-0.2, 0) is 0 Å². The van der Waals surface area contributed by atoms with Crippen molar-refractivity contribution in [2.45, 2.75) is 32.4 Å². The maximum atomic E-state index is 9.65. The molecular weight excluding hydrogens is 305 g/mol. The van der Waals surface area contributed by atoms with Crippen LogP contribution < -0.4 is 0 Å². The maximum Gasteiger partial charge on any atom is 0.124 e. The lowest BCUT2D eigenvalue weighted by atomic mass is 10.0. The van der Waals surface area contributed by atoms with Crippen molar-refractivity contribution in [2.24, 2.45) is 0 Å². The van der Waals surface area contributed by atoms with Crippen LogP contribution in [0.3, 0.4) is 0 Å². The van der Waals surface area contributed by atoms with Crippen molar-refractivity contribution in [2.75, 3.05) is 26.2 Å². The Balaban J connectivity index is 2.24. The van der Waals surface area contributed by atoms with Crippen molar-refractivity contribution >= 4 is 23.2 Å². The molecule has 1 aromatic rings. The number of nitriles is 1. The highest BCUT2D eigenvalue weighted by Crippen LogP contribution is 2.30. The molecule has 1 fully saturated rings. The number of piperazine rings is 1. The summed E-state index contributed by atoms with van der Waals surface area (Å²) in [5, 5.41) is 10.7. The first-order valence-electron chi connectivity index (χ1n) is 7.43. The van der Waals surface area contributed by atoms with Crippen LogP contribution in [0.25, 0.3) is 0 Å². The van der Waals surface area contributed by atoms with Crippen LogP contribution in [0, 0.1) is 11.3 Å². The fourth-order valence-electron chi connectivity index (χ4n) is 2.95. The molecule has 1 saturated heterocycles. The number of hydrogen-bond acceptors (Lipinski definition) is 3. The molecule has 2 atom stereocenters. The Bertz CT molecular complexity index is 527. The van der Waals surface area contributed by atoms with Gasteiger partial charge in [-0.3, -0.25) is 4.90 Å². The number of benzene rings is 1. The second kappa shape index (κ2) is 7.47. The smallest absolute Gasteiger partial charge is 0.124 e. The largest absolute Gasteiger partial charge is 0.301 e. The lowest BCUT2D eigenvalue weighted by molar-refractivity contribution is 0.0569. The quantitative estimate of drug-likeness (QED) is 0.838. The van der Waals surface area contributed by atoms with E-state index < -0.39 is 0 Å². The SMILES string of the molecule is CCC1CN(CC)CCN1C(C#N)c1ccc(Cl)c(Cl)c1. The predicted octanol–water partition coefficient (Wildman–Crippen LogP) is 3.97. The first kappa shape index (κ1) is 16.6. The molecule has 0 spiro atoms. The third-order valence-electron chi connectivity index (χ3n) is 4.24. The summed E-state index contributed by atoms with van der Waals surface area (Å²) >= 11 is 12.1. The minimum absolute atomic E-state index is 0.260. The molecule has 0 aliphatic carbocycles. The van der Waals surface area contributed by atoms with E-state index in [0.29, 0.717) is 16.1 Å². The van der Waals surface area contributed by atoms with Crippen molar-refractivity contribution in [1.29, 1.82) is 5.26 Å². The lowest BCUT2D eigenvalue weighted by Gasteiger charge is -2.43. The summed E-state index contributed by atoms with van der Waals surface area (Å²) in [6.45, 7) is 8.36. The maximum absolute atomic E-state index is 9.65. The van der Waals surface area contributed by atoms with Crippen molar-refractivity contribution < 1.29 is 0 Å². The summed E-state index contributed by atoms with van der Waals surface area (Å²) in [6.07, 6.45) is 1.04. The van der Waals surface area contributed by atoms with Crippen molar-refractivity contribution in [3.63, 3.8) is 0 Å². The van der Waals surface area contributed by atoms with Crippen molar-refractivity contribution in [1.82, 2.24) is 9.80 Å². The fraction of sp³-hybridized carbons (Fsp3) is 0.562. The molecule has 1 heterocycles. The highest BCUT2D eigenvalue weighted by molar-refractivity contribution is 6.42. The molecule has 0 aromatic heterocycles.